The zero-order chi connectivity index (χ0) is 20.7. The molecule has 2 aromatic heterocycles. The molecule has 1 fully saturated rings. The van der Waals surface area contributed by atoms with Crippen LogP contribution in [0.1, 0.15) is 23.9 Å². The van der Waals surface area contributed by atoms with Crippen LogP contribution in [-0.2, 0) is 7.05 Å². The number of aryl methyl sites for hydroxylation is 2. The summed E-state index contributed by atoms with van der Waals surface area (Å²) in [6.07, 6.45) is 0.897. The predicted octanol–water partition coefficient (Wildman–Crippen LogP) is 4.16. The van der Waals surface area contributed by atoms with Gasteiger partial charge in [-0.25, -0.2) is 4.98 Å². The molecule has 0 saturated carbocycles. The van der Waals surface area contributed by atoms with E-state index in [-0.39, 0.29) is 11.1 Å². The molecule has 1 aliphatic heterocycles. The van der Waals surface area contributed by atoms with Gasteiger partial charge in [-0.3, -0.25) is 4.79 Å². The number of rotatable bonds is 3. The minimum Gasteiger partial charge on any atom is -0.382 e. The van der Waals surface area contributed by atoms with Gasteiger partial charge in [-0.05, 0) is 43.5 Å². The SMILES string of the molecule is Cc1nc2c(N3CCC(Nc4ccc(Cl)cc4)[C@@H](C)C3)c(C#N)c(=O)n(C)c2s1. The third kappa shape index (κ3) is 3.59. The number of aromatic nitrogens is 2. The minimum absolute atomic E-state index is 0.182. The van der Waals surface area contributed by atoms with E-state index < -0.39 is 0 Å². The molecule has 2 atom stereocenters. The summed E-state index contributed by atoms with van der Waals surface area (Å²) in [6, 6.07) is 10.2. The first kappa shape index (κ1) is 19.7. The largest absolute Gasteiger partial charge is 0.382 e. The quantitative estimate of drug-likeness (QED) is 0.679. The van der Waals surface area contributed by atoms with Crippen LogP contribution >= 0.6 is 22.9 Å². The number of fused-ring (bicyclic) bond motifs is 1. The lowest BCUT2D eigenvalue weighted by atomic mass is 9.92. The number of pyridine rings is 1. The Hall–Kier alpha value is -2.56. The number of piperidine rings is 1. The van der Waals surface area contributed by atoms with Gasteiger partial charge in [0.1, 0.15) is 22.0 Å². The number of nitrogens with one attached hydrogen (secondary N) is 1. The summed E-state index contributed by atoms with van der Waals surface area (Å²) < 4.78 is 1.54. The standard InChI is InChI=1S/C21H22ClN5OS/c1-12-11-27(9-8-17(12)25-15-6-4-14(22)5-7-15)19-16(10-23)20(28)26(3)21-18(19)24-13(2)29-21/h4-7,12,17,25H,8-9,11H2,1-3H3/t12-,17?/m0/s1. The predicted molar refractivity (Wildman–Crippen MR) is 119 cm³/mol. The molecule has 1 saturated heterocycles. The lowest BCUT2D eigenvalue weighted by Crippen LogP contribution is -2.46. The van der Waals surface area contributed by atoms with Crippen LogP contribution in [0.15, 0.2) is 29.1 Å². The van der Waals surface area contributed by atoms with Crippen molar-refractivity contribution in [3.63, 3.8) is 0 Å². The molecule has 1 N–H and O–H groups in total. The summed E-state index contributed by atoms with van der Waals surface area (Å²) in [5.41, 5.74) is 2.41. The second-order valence-corrected chi connectivity index (χ2v) is 9.17. The molecular formula is C21H22ClN5OS. The topological polar surface area (TPSA) is 74.0 Å². The molecule has 6 nitrogen and oxygen atoms in total. The van der Waals surface area contributed by atoms with E-state index in [1.807, 2.05) is 31.2 Å². The van der Waals surface area contributed by atoms with Gasteiger partial charge in [-0.1, -0.05) is 18.5 Å². The summed E-state index contributed by atoms with van der Waals surface area (Å²) in [5.74, 6) is 0.324. The van der Waals surface area contributed by atoms with Crippen molar-refractivity contribution in [1.29, 1.82) is 5.26 Å². The van der Waals surface area contributed by atoms with E-state index in [1.54, 1.807) is 11.6 Å². The summed E-state index contributed by atoms with van der Waals surface area (Å²) in [6.45, 7) is 5.62. The van der Waals surface area contributed by atoms with Crippen molar-refractivity contribution in [3.05, 3.63) is 50.2 Å². The Morgan fingerprint density at radius 1 is 1.34 bits per heavy atom. The number of thiazole rings is 1. The number of nitriles is 1. The Bertz CT molecular complexity index is 1160. The fraction of sp³-hybridized carbons (Fsp3) is 0.381. The highest BCUT2D eigenvalue weighted by atomic mass is 35.5. The van der Waals surface area contributed by atoms with Crippen LogP contribution in [0.2, 0.25) is 5.02 Å². The van der Waals surface area contributed by atoms with Crippen molar-refractivity contribution < 1.29 is 0 Å². The van der Waals surface area contributed by atoms with Gasteiger partial charge in [0.05, 0.1) is 10.7 Å². The van der Waals surface area contributed by atoms with E-state index >= 15 is 0 Å². The van der Waals surface area contributed by atoms with E-state index in [2.05, 4.69) is 28.2 Å². The molecule has 1 aromatic carbocycles. The van der Waals surface area contributed by atoms with Crippen molar-refractivity contribution >= 4 is 44.7 Å². The highest BCUT2D eigenvalue weighted by molar-refractivity contribution is 7.18. The highest BCUT2D eigenvalue weighted by Gasteiger charge is 2.30. The van der Waals surface area contributed by atoms with Gasteiger partial charge in [0.25, 0.3) is 5.56 Å². The Kier molecular flexibility index (Phi) is 5.24. The van der Waals surface area contributed by atoms with Gasteiger partial charge in [0.2, 0.25) is 0 Å². The second kappa shape index (κ2) is 7.69. The Morgan fingerprint density at radius 3 is 2.72 bits per heavy atom. The number of hydrogen-bond acceptors (Lipinski definition) is 6. The van der Waals surface area contributed by atoms with Gasteiger partial charge < -0.3 is 14.8 Å². The zero-order valence-corrected chi connectivity index (χ0v) is 18.1. The van der Waals surface area contributed by atoms with Crippen molar-refractivity contribution in [2.75, 3.05) is 23.3 Å². The van der Waals surface area contributed by atoms with Gasteiger partial charge in [0.15, 0.2) is 0 Å². The van der Waals surface area contributed by atoms with Crippen molar-refractivity contribution in [3.8, 4) is 6.07 Å². The van der Waals surface area contributed by atoms with Gasteiger partial charge in [-0.15, -0.1) is 11.3 Å². The molecule has 0 spiro atoms. The lowest BCUT2D eigenvalue weighted by Gasteiger charge is -2.39. The molecule has 29 heavy (non-hydrogen) atoms. The first-order valence-corrected chi connectivity index (χ1v) is 10.8. The average molecular weight is 428 g/mol. The van der Waals surface area contributed by atoms with Crippen LogP contribution in [0.3, 0.4) is 0 Å². The number of benzene rings is 1. The molecular weight excluding hydrogens is 406 g/mol. The molecule has 3 aromatic rings. The fourth-order valence-corrected chi connectivity index (χ4v) is 5.01. The third-order valence-electron chi connectivity index (χ3n) is 5.53. The van der Waals surface area contributed by atoms with Gasteiger partial charge >= 0.3 is 0 Å². The number of halogens is 1. The molecule has 1 unspecified atom stereocenters. The van der Waals surface area contributed by atoms with E-state index in [9.17, 15) is 10.1 Å². The van der Waals surface area contributed by atoms with Crippen LogP contribution in [-0.4, -0.2) is 28.7 Å². The fourth-order valence-electron chi connectivity index (χ4n) is 4.01. The molecule has 0 bridgehead atoms. The van der Waals surface area contributed by atoms with Crippen molar-refractivity contribution in [2.45, 2.75) is 26.3 Å². The van der Waals surface area contributed by atoms with E-state index in [1.165, 1.54) is 11.3 Å². The third-order valence-corrected chi connectivity index (χ3v) is 6.83. The first-order chi connectivity index (χ1) is 13.9. The van der Waals surface area contributed by atoms with Crippen LogP contribution in [0.25, 0.3) is 10.3 Å². The second-order valence-electron chi connectivity index (χ2n) is 7.56. The molecule has 8 heteroatoms. The highest BCUT2D eigenvalue weighted by Crippen LogP contribution is 2.34. The number of nitrogens with zero attached hydrogens (tertiary/aromatic N) is 4. The molecule has 0 radical (unpaired) electrons. The molecule has 1 aliphatic rings. The van der Waals surface area contributed by atoms with Crippen LogP contribution < -0.4 is 15.8 Å². The van der Waals surface area contributed by atoms with Crippen molar-refractivity contribution in [1.82, 2.24) is 9.55 Å². The van der Waals surface area contributed by atoms with Gasteiger partial charge in [-0.2, -0.15) is 5.26 Å². The monoisotopic (exact) mass is 427 g/mol. The molecule has 0 amide bonds. The molecule has 3 heterocycles. The lowest BCUT2D eigenvalue weighted by molar-refractivity contribution is 0.404. The Labute approximate surface area is 178 Å². The maximum absolute atomic E-state index is 12.8. The maximum Gasteiger partial charge on any atom is 0.271 e. The van der Waals surface area contributed by atoms with Crippen molar-refractivity contribution in [2.24, 2.45) is 13.0 Å². The molecule has 150 valence electrons. The normalized spacial score (nSPS) is 19.3. The number of anilines is 2. The van der Waals surface area contributed by atoms with E-state index in [0.29, 0.717) is 17.6 Å². The summed E-state index contributed by atoms with van der Waals surface area (Å²) in [4.78, 5) is 20.4. The molecule has 0 aliphatic carbocycles. The summed E-state index contributed by atoms with van der Waals surface area (Å²) >= 11 is 7.47. The maximum atomic E-state index is 12.8. The zero-order valence-electron chi connectivity index (χ0n) is 16.6. The summed E-state index contributed by atoms with van der Waals surface area (Å²) in [5, 5.41) is 14.9. The van der Waals surface area contributed by atoms with Crippen LogP contribution in [0.4, 0.5) is 11.4 Å². The minimum atomic E-state index is -0.257. The average Bonchev–Trinajstić information content (AvgIpc) is 3.09. The van der Waals surface area contributed by atoms with Crippen LogP contribution in [0.5, 0.6) is 0 Å². The van der Waals surface area contributed by atoms with E-state index in [0.717, 1.165) is 45.6 Å². The Balaban J connectivity index is 1.65. The van der Waals surface area contributed by atoms with E-state index in [4.69, 9.17) is 11.6 Å². The summed E-state index contributed by atoms with van der Waals surface area (Å²) in [7, 11) is 1.71. The molecule has 4 rings (SSSR count). The first-order valence-electron chi connectivity index (χ1n) is 9.56. The number of hydrogen-bond donors (Lipinski definition) is 1. The van der Waals surface area contributed by atoms with Gasteiger partial charge in [0, 0.05) is 36.9 Å². The Morgan fingerprint density at radius 2 is 2.07 bits per heavy atom. The van der Waals surface area contributed by atoms with Crippen LogP contribution in [0, 0.1) is 24.2 Å². The smallest absolute Gasteiger partial charge is 0.271 e.